The zero-order chi connectivity index (χ0) is 16.6. The average molecular weight is 317 g/mol. The van der Waals surface area contributed by atoms with E-state index in [4.69, 9.17) is 4.74 Å². The summed E-state index contributed by atoms with van der Waals surface area (Å²) in [6.07, 6.45) is 2.34. The molecule has 1 N–H and O–H groups in total. The molecule has 0 aliphatic carbocycles. The number of pyridine rings is 1. The largest absolute Gasteiger partial charge is 0.481 e. The molecule has 0 aromatic carbocycles. The zero-order valence-electron chi connectivity index (χ0n) is 13.8. The summed E-state index contributed by atoms with van der Waals surface area (Å²) in [4.78, 5) is 18.0. The Labute approximate surface area is 135 Å². The molecule has 0 radical (unpaired) electrons. The fourth-order valence-corrected chi connectivity index (χ4v) is 3.33. The average Bonchev–Trinajstić information content (AvgIpc) is 2.74. The molecule has 2 unspecified atom stereocenters. The molecule has 1 aliphatic heterocycles. The van der Waals surface area contributed by atoms with Gasteiger partial charge in [-0.05, 0) is 32.4 Å². The van der Waals surface area contributed by atoms with Crippen LogP contribution in [0.4, 0.5) is 0 Å². The predicted octanol–water partition coefficient (Wildman–Crippen LogP) is 1.88. The third-order valence-electron chi connectivity index (χ3n) is 4.14. The maximum Gasteiger partial charge on any atom is 0.309 e. The van der Waals surface area contributed by atoms with Crippen LogP contribution in [-0.2, 0) is 22.5 Å². The van der Waals surface area contributed by atoms with Crippen LogP contribution in [0.25, 0.3) is 5.65 Å². The Hall–Kier alpha value is -1.92. The zero-order valence-corrected chi connectivity index (χ0v) is 13.8. The standard InChI is InChI=1S/C17H23N3O3/c1-11-4-5-16-18-14(6-17(21)22)15(20(16)7-11)10-19-8-12(2)23-13(3)9-19/h4-5,7,12-13H,6,8-10H2,1-3H3,(H,21,22). The summed E-state index contributed by atoms with van der Waals surface area (Å²) in [5, 5.41) is 9.18. The number of carbonyl (C=O) groups is 1. The molecular formula is C17H23N3O3. The lowest BCUT2D eigenvalue weighted by Crippen LogP contribution is -2.45. The summed E-state index contributed by atoms with van der Waals surface area (Å²) < 4.78 is 7.80. The van der Waals surface area contributed by atoms with Crippen LogP contribution in [0, 0.1) is 6.92 Å². The minimum Gasteiger partial charge on any atom is -0.481 e. The van der Waals surface area contributed by atoms with Gasteiger partial charge in [-0.3, -0.25) is 9.69 Å². The van der Waals surface area contributed by atoms with Crippen LogP contribution in [0.5, 0.6) is 0 Å². The number of ether oxygens (including phenoxy) is 1. The third kappa shape index (κ3) is 3.54. The van der Waals surface area contributed by atoms with E-state index in [-0.39, 0.29) is 18.6 Å². The maximum absolute atomic E-state index is 11.2. The second-order valence-corrected chi connectivity index (χ2v) is 6.46. The number of hydrogen-bond acceptors (Lipinski definition) is 4. The SMILES string of the molecule is Cc1ccc2nc(CC(=O)O)c(CN3CC(C)OC(C)C3)n2c1. The Bertz CT molecular complexity index is 715. The van der Waals surface area contributed by atoms with E-state index in [0.29, 0.717) is 12.2 Å². The van der Waals surface area contributed by atoms with Gasteiger partial charge in [0.1, 0.15) is 5.65 Å². The first-order valence-electron chi connectivity index (χ1n) is 7.98. The summed E-state index contributed by atoms with van der Waals surface area (Å²) in [6.45, 7) is 8.54. The van der Waals surface area contributed by atoms with E-state index in [1.807, 2.05) is 29.7 Å². The lowest BCUT2D eigenvalue weighted by molar-refractivity contribution is -0.136. The highest BCUT2D eigenvalue weighted by Gasteiger charge is 2.25. The van der Waals surface area contributed by atoms with E-state index in [1.165, 1.54) is 0 Å². The molecule has 0 spiro atoms. The van der Waals surface area contributed by atoms with Crippen LogP contribution in [0.1, 0.15) is 30.8 Å². The number of aryl methyl sites for hydroxylation is 1. The Kier molecular flexibility index (Phi) is 4.37. The van der Waals surface area contributed by atoms with Gasteiger partial charge in [0.2, 0.25) is 0 Å². The maximum atomic E-state index is 11.2. The van der Waals surface area contributed by atoms with Crippen molar-refractivity contribution in [2.75, 3.05) is 13.1 Å². The first-order chi connectivity index (χ1) is 10.9. The number of carboxylic acid groups (broad SMARTS) is 1. The summed E-state index contributed by atoms with van der Waals surface area (Å²) in [6, 6.07) is 3.93. The van der Waals surface area contributed by atoms with E-state index in [9.17, 15) is 9.90 Å². The molecule has 0 saturated carbocycles. The monoisotopic (exact) mass is 317 g/mol. The fraction of sp³-hybridized carbons (Fsp3) is 0.529. The van der Waals surface area contributed by atoms with Crippen molar-refractivity contribution in [2.45, 2.75) is 45.9 Å². The Morgan fingerprint density at radius 1 is 1.35 bits per heavy atom. The summed E-state index contributed by atoms with van der Waals surface area (Å²) in [7, 11) is 0. The van der Waals surface area contributed by atoms with Gasteiger partial charge in [-0.25, -0.2) is 4.98 Å². The molecule has 2 aromatic heterocycles. The van der Waals surface area contributed by atoms with Crippen molar-refractivity contribution in [1.82, 2.24) is 14.3 Å². The summed E-state index contributed by atoms with van der Waals surface area (Å²) >= 11 is 0. The number of fused-ring (bicyclic) bond motifs is 1. The highest BCUT2D eigenvalue weighted by molar-refractivity contribution is 5.70. The van der Waals surface area contributed by atoms with Gasteiger partial charge in [0.05, 0.1) is 30.0 Å². The Balaban J connectivity index is 1.96. The first kappa shape index (κ1) is 16.0. The molecule has 2 aromatic rings. The van der Waals surface area contributed by atoms with Crippen molar-refractivity contribution in [3.05, 3.63) is 35.3 Å². The van der Waals surface area contributed by atoms with Gasteiger partial charge in [0, 0.05) is 25.8 Å². The van der Waals surface area contributed by atoms with Crippen molar-refractivity contribution < 1.29 is 14.6 Å². The quantitative estimate of drug-likeness (QED) is 0.932. The number of aliphatic carboxylic acids is 1. The molecular weight excluding hydrogens is 294 g/mol. The molecule has 1 aliphatic rings. The van der Waals surface area contributed by atoms with Crippen molar-refractivity contribution in [1.29, 1.82) is 0 Å². The molecule has 3 rings (SSSR count). The Morgan fingerprint density at radius 2 is 2.04 bits per heavy atom. The van der Waals surface area contributed by atoms with Gasteiger partial charge in [0.15, 0.2) is 0 Å². The van der Waals surface area contributed by atoms with Crippen LogP contribution >= 0.6 is 0 Å². The number of nitrogens with zero attached hydrogens (tertiary/aromatic N) is 3. The van der Waals surface area contributed by atoms with Crippen molar-refractivity contribution in [3.63, 3.8) is 0 Å². The second kappa shape index (κ2) is 6.29. The van der Waals surface area contributed by atoms with Crippen molar-refractivity contribution in [2.24, 2.45) is 0 Å². The van der Waals surface area contributed by atoms with Gasteiger partial charge in [-0.15, -0.1) is 0 Å². The smallest absolute Gasteiger partial charge is 0.309 e. The molecule has 1 fully saturated rings. The van der Waals surface area contributed by atoms with Crippen LogP contribution < -0.4 is 0 Å². The number of hydrogen-bond donors (Lipinski definition) is 1. The predicted molar refractivity (Wildman–Crippen MR) is 86.6 cm³/mol. The lowest BCUT2D eigenvalue weighted by atomic mass is 10.2. The van der Waals surface area contributed by atoms with E-state index in [0.717, 1.165) is 30.0 Å². The third-order valence-corrected chi connectivity index (χ3v) is 4.14. The minimum absolute atomic E-state index is 0.0501. The number of rotatable bonds is 4. The normalized spacial score (nSPS) is 22.6. The van der Waals surface area contributed by atoms with Gasteiger partial charge < -0.3 is 14.2 Å². The summed E-state index contributed by atoms with van der Waals surface area (Å²) in [5.74, 6) is -0.852. The highest BCUT2D eigenvalue weighted by Crippen LogP contribution is 2.20. The molecule has 2 atom stereocenters. The van der Waals surface area contributed by atoms with Crippen LogP contribution in [0.3, 0.4) is 0 Å². The van der Waals surface area contributed by atoms with E-state index in [1.54, 1.807) is 0 Å². The number of aromatic nitrogens is 2. The first-order valence-corrected chi connectivity index (χ1v) is 7.98. The molecule has 23 heavy (non-hydrogen) atoms. The van der Waals surface area contributed by atoms with Gasteiger partial charge in [0.25, 0.3) is 0 Å². The fourth-order valence-electron chi connectivity index (χ4n) is 3.33. The molecule has 6 heteroatoms. The van der Waals surface area contributed by atoms with E-state index < -0.39 is 5.97 Å². The van der Waals surface area contributed by atoms with Crippen LogP contribution in [0.2, 0.25) is 0 Å². The number of imidazole rings is 1. The van der Waals surface area contributed by atoms with Crippen LogP contribution in [0.15, 0.2) is 18.3 Å². The molecule has 6 nitrogen and oxygen atoms in total. The van der Waals surface area contributed by atoms with Gasteiger partial charge >= 0.3 is 5.97 Å². The lowest BCUT2D eigenvalue weighted by Gasteiger charge is -2.35. The van der Waals surface area contributed by atoms with Gasteiger partial charge in [-0.1, -0.05) is 6.07 Å². The topological polar surface area (TPSA) is 67.1 Å². The molecule has 0 amide bonds. The molecule has 3 heterocycles. The summed E-state index contributed by atoms with van der Waals surface area (Å²) in [5.41, 5.74) is 3.54. The Morgan fingerprint density at radius 3 is 2.70 bits per heavy atom. The van der Waals surface area contributed by atoms with Crippen molar-refractivity contribution >= 4 is 11.6 Å². The second-order valence-electron chi connectivity index (χ2n) is 6.46. The minimum atomic E-state index is -0.852. The molecule has 0 bridgehead atoms. The van der Waals surface area contributed by atoms with E-state index >= 15 is 0 Å². The number of morpholine rings is 1. The van der Waals surface area contributed by atoms with Gasteiger partial charge in [-0.2, -0.15) is 0 Å². The molecule has 1 saturated heterocycles. The van der Waals surface area contributed by atoms with Crippen LogP contribution in [-0.4, -0.2) is 50.7 Å². The highest BCUT2D eigenvalue weighted by atomic mass is 16.5. The number of carboxylic acids is 1. The van der Waals surface area contributed by atoms with E-state index in [2.05, 4.69) is 23.7 Å². The van der Waals surface area contributed by atoms with Crippen molar-refractivity contribution in [3.8, 4) is 0 Å². The molecule has 124 valence electrons.